The zero-order chi connectivity index (χ0) is 18.8. The highest BCUT2D eigenvalue weighted by Gasteiger charge is 2.38. The van der Waals surface area contributed by atoms with Gasteiger partial charge in [-0.15, -0.1) is 0 Å². The Hall–Kier alpha value is -2.59. The molecule has 0 aliphatic carbocycles. The number of amides is 2. The normalized spacial score (nSPS) is 20.6. The summed E-state index contributed by atoms with van der Waals surface area (Å²) in [4.78, 5) is 29.3. The van der Waals surface area contributed by atoms with Gasteiger partial charge in [-0.3, -0.25) is 9.59 Å². The van der Waals surface area contributed by atoms with Crippen LogP contribution in [0, 0.1) is 0 Å². The number of carbonyl (C=O) groups is 2. The van der Waals surface area contributed by atoms with Gasteiger partial charge in [-0.1, -0.05) is 42.6 Å². The van der Waals surface area contributed by atoms with Crippen LogP contribution in [0.4, 0.5) is 11.4 Å². The van der Waals surface area contributed by atoms with Crippen LogP contribution in [0.15, 0.2) is 66.2 Å². The van der Waals surface area contributed by atoms with Crippen LogP contribution in [-0.4, -0.2) is 24.4 Å². The molecule has 1 fully saturated rings. The van der Waals surface area contributed by atoms with Crippen LogP contribution in [0.3, 0.4) is 0 Å². The number of para-hydroxylation sites is 1. The van der Waals surface area contributed by atoms with Gasteiger partial charge < -0.3 is 4.90 Å². The summed E-state index contributed by atoms with van der Waals surface area (Å²) in [6.45, 7) is 0.858. The molecule has 138 valence electrons. The predicted molar refractivity (Wildman–Crippen MR) is 108 cm³/mol. The molecule has 2 amide bonds. The molecule has 27 heavy (non-hydrogen) atoms. The van der Waals surface area contributed by atoms with E-state index in [1.807, 2.05) is 42.5 Å². The van der Waals surface area contributed by atoms with Gasteiger partial charge in [-0.05, 0) is 49.2 Å². The molecule has 0 N–H and O–H groups in total. The minimum absolute atomic E-state index is 0.0983. The number of nitrogens with zero attached hydrogens (tertiary/aromatic N) is 2. The molecule has 4 nitrogen and oxygen atoms in total. The number of carbonyl (C=O) groups excluding carboxylic acids is 2. The topological polar surface area (TPSA) is 40.6 Å². The Kier molecular flexibility index (Phi) is 4.99. The second kappa shape index (κ2) is 7.57. The first kappa shape index (κ1) is 17.8. The zero-order valence-corrected chi connectivity index (χ0v) is 15.7. The van der Waals surface area contributed by atoms with Gasteiger partial charge in [0.1, 0.15) is 0 Å². The van der Waals surface area contributed by atoms with Crippen LogP contribution in [0.2, 0.25) is 5.02 Å². The Morgan fingerprint density at radius 3 is 2.33 bits per heavy atom. The summed E-state index contributed by atoms with van der Waals surface area (Å²) < 4.78 is 0. The van der Waals surface area contributed by atoms with Gasteiger partial charge in [0, 0.05) is 28.9 Å². The van der Waals surface area contributed by atoms with E-state index in [-0.39, 0.29) is 17.9 Å². The van der Waals surface area contributed by atoms with Crippen molar-refractivity contribution in [2.75, 3.05) is 16.3 Å². The molecule has 0 saturated carbocycles. The van der Waals surface area contributed by atoms with Crippen molar-refractivity contribution < 1.29 is 9.59 Å². The van der Waals surface area contributed by atoms with Gasteiger partial charge in [0.2, 0.25) is 0 Å². The van der Waals surface area contributed by atoms with E-state index in [0.29, 0.717) is 16.3 Å². The molecule has 2 aliphatic heterocycles. The fourth-order valence-corrected chi connectivity index (χ4v) is 4.05. The van der Waals surface area contributed by atoms with Crippen molar-refractivity contribution in [2.45, 2.75) is 31.7 Å². The summed E-state index contributed by atoms with van der Waals surface area (Å²) in [6, 6.07) is 16.7. The third-order valence-corrected chi connectivity index (χ3v) is 5.49. The van der Waals surface area contributed by atoms with Crippen molar-refractivity contribution in [1.82, 2.24) is 0 Å². The average molecular weight is 381 g/mol. The highest BCUT2D eigenvalue weighted by Crippen LogP contribution is 2.33. The maximum absolute atomic E-state index is 13.1. The van der Waals surface area contributed by atoms with Crippen molar-refractivity contribution >= 4 is 34.8 Å². The number of hydrogen-bond acceptors (Lipinski definition) is 3. The number of anilines is 2. The van der Waals surface area contributed by atoms with E-state index in [4.69, 9.17) is 11.6 Å². The number of imide groups is 1. The van der Waals surface area contributed by atoms with Crippen molar-refractivity contribution in [1.29, 1.82) is 0 Å². The standard InChI is InChI=1S/C22H21ClN2O2/c23-16-10-12-17(13-11-16)24-14-6-2-5-9-20(24)19-15-21(26)25(22(19)27)18-7-3-1-4-8-18/h1,3-4,7-8,10-13,15,20H,2,5-6,9,14H2. The van der Waals surface area contributed by atoms with E-state index in [0.717, 1.165) is 37.9 Å². The number of hydrogen-bond donors (Lipinski definition) is 0. The largest absolute Gasteiger partial charge is 0.364 e. The monoisotopic (exact) mass is 380 g/mol. The van der Waals surface area contributed by atoms with Crippen molar-refractivity contribution in [3.63, 3.8) is 0 Å². The Balaban J connectivity index is 1.67. The van der Waals surface area contributed by atoms with Crippen molar-refractivity contribution in [3.05, 3.63) is 71.3 Å². The molecule has 2 aromatic carbocycles. The lowest BCUT2D eigenvalue weighted by Gasteiger charge is -2.32. The van der Waals surface area contributed by atoms with Gasteiger partial charge in [0.05, 0.1) is 11.7 Å². The molecular weight excluding hydrogens is 360 g/mol. The molecule has 0 radical (unpaired) electrons. The number of halogens is 1. The number of rotatable bonds is 3. The second-order valence-electron chi connectivity index (χ2n) is 6.95. The molecule has 4 rings (SSSR count). The van der Waals surface area contributed by atoms with E-state index in [1.165, 1.54) is 11.0 Å². The lowest BCUT2D eigenvalue weighted by Crippen LogP contribution is -2.40. The van der Waals surface area contributed by atoms with Crippen LogP contribution in [0.1, 0.15) is 25.7 Å². The molecule has 0 bridgehead atoms. The highest BCUT2D eigenvalue weighted by molar-refractivity contribution is 6.31. The van der Waals surface area contributed by atoms with E-state index < -0.39 is 0 Å². The van der Waals surface area contributed by atoms with Gasteiger partial charge in [0.25, 0.3) is 11.8 Å². The van der Waals surface area contributed by atoms with E-state index in [2.05, 4.69) is 4.90 Å². The molecule has 1 saturated heterocycles. The predicted octanol–water partition coefficient (Wildman–Crippen LogP) is 4.59. The Morgan fingerprint density at radius 2 is 1.59 bits per heavy atom. The lowest BCUT2D eigenvalue weighted by atomic mass is 10.00. The molecule has 5 heteroatoms. The zero-order valence-electron chi connectivity index (χ0n) is 15.0. The summed E-state index contributed by atoms with van der Waals surface area (Å²) in [5, 5.41) is 0.687. The summed E-state index contributed by atoms with van der Waals surface area (Å²) in [5.74, 6) is -0.474. The average Bonchev–Trinajstić information content (AvgIpc) is 2.85. The molecular formula is C22H21ClN2O2. The maximum Gasteiger partial charge on any atom is 0.263 e. The van der Waals surface area contributed by atoms with Gasteiger partial charge >= 0.3 is 0 Å². The first-order chi connectivity index (χ1) is 13.1. The summed E-state index contributed by atoms with van der Waals surface area (Å²) in [7, 11) is 0. The Bertz CT molecular complexity index is 877. The SMILES string of the molecule is O=C1C=C(C2CCCCCN2c2ccc(Cl)cc2)C(=O)N1c1ccccc1. The van der Waals surface area contributed by atoms with Crippen LogP contribution in [0.5, 0.6) is 0 Å². The third kappa shape index (κ3) is 3.50. The second-order valence-corrected chi connectivity index (χ2v) is 7.39. The molecule has 0 spiro atoms. The quantitative estimate of drug-likeness (QED) is 0.731. The molecule has 2 aromatic rings. The first-order valence-electron chi connectivity index (χ1n) is 9.32. The van der Waals surface area contributed by atoms with Crippen LogP contribution >= 0.6 is 11.6 Å². The summed E-state index contributed by atoms with van der Waals surface area (Å²) in [6.07, 6.45) is 5.61. The van der Waals surface area contributed by atoms with Gasteiger partial charge in [0.15, 0.2) is 0 Å². The maximum atomic E-state index is 13.1. The van der Waals surface area contributed by atoms with E-state index in [1.54, 1.807) is 12.1 Å². The molecule has 2 heterocycles. The summed E-state index contributed by atoms with van der Waals surface area (Å²) >= 11 is 6.04. The van der Waals surface area contributed by atoms with Crippen molar-refractivity contribution in [2.24, 2.45) is 0 Å². The molecule has 1 unspecified atom stereocenters. The fourth-order valence-electron chi connectivity index (χ4n) is 3.92. The smallest absolute Gasteiger partial charge is 0.263 e. The first-order valence-corrected chi connectivity index (χ1v) is 9.70. The fraction of sp³-hybridized carbons (Fsp3) is 0.273. The Labute approximate surface area is 164 Å². The molecule has 2 aliphatic rings. The van der Waals surface area contributed by atoms with Crippen LogP contribution in [0.25, 0.3) is 0 Å². The number of benzene rings is 2. The minimum Gasteiger partial charge on any atom is -0.364 e. The highest BCUT2D eigenvalue weighted by atomic mass is 35.5. The Morgan fingerprint density at radius 1 is 0.852 bits per heavy atom. The van der Waals surface area contributed by atoms with Gasteiger partial charge in [-0.25, -0.2) is 4.90 Å². The van der Waals surface area contributed by atoms with Crippen molar-refractivity contribution in [3.8, 4) is 0 Å². The lowest BCUT2D eigenvalue weighted by molar-refractivity contribution is -0.120. The molecule has 0 aromatic heterocycles. The van der Waals surface area contributed by atoms with Crippen LogP contribution < -0.4 is 9.80 Å². The molecule has 1 atom stereocenters. The summed E-state index contributed by atoms with van der Waals surface area (Å²) in [5.41, 5.74) is 2.23. The van der Waals surface area contributed by atoms with Gasteiger partial charge in [-0.2, -0.15) is 0 Å². The minimum atomic E-state index is -0.262. The van der Waals surface area contributed by atoms with E-state index >= 15 is 0 Å². The van der Waals surface area contributed by atoms with E-state index in [9.17, 15) is 9.59 Å². The third-order valence-electron chi connectivity index (χ3n) is 5.23. The van der Waals surface area contributed by atoms with Crippen LogP contribution in [-0.2, 0) is 9.59 Å².